The molecule has 1 aromatic heterocycles. The fourth-order valence-corrected chi connectivity index (χ4v) is 3.94. The van der Waals surface area contributed by atoms with E-state index in [0.717, 1.165) is 16.3 Å². The second kappa shape index (κ2) is 8.06. The molecule has 5 rings (SSSR count). The second-order valence-corrected chi connectivity index (χ2v) is 8.03. The Morgan fingerprint density at radius 3 is 2.52 bits per heavy atom. The Hall–Kier alpha value is -3.34. The third-order valence-electron chi connectivity index (χ3n) is 5.07. The number of nitrogens with zero attached hydrogens (tertiary/aromatic N) is 1. The molecule has 152 valence electrons. The average Bonchev–Trinajstić information content (AvgIpc) is 3.17. The highest BCUT2D eigenvalue weighted by molar-refractivity contribution is 6.36. The van der Waals surface area contributed by atoms with Crippen molar-refractivity contribution < 1.29 is 9.21 Å². The average molecular weight is 447 g/mol. The smallest absolute Gasteiger partial charge is 0.256 e. The van der Waals surface area contributed by atoms with E-state index in [2.05, 4.69) is 10.3 Å². The minimum atomic E-state index is -0.211. The fraction of sp³-hybridized carbons (Fsp3) is 0.0400. The number of nitrogens with one attached hydrogen (secondary N) is 1. The molecule has 0 saturated carbocycles. The molecular weight excluding hydrogens is 431 g/mol. The van der Waals surface area contributed by atoms with Crippen LogP contribution in [0.1, 0.15) is 21.8 Å². The van der Waals surface area contributed by atoms with E-state index < -0.39 is 0 Å². The van der Waals surface area contributed by atoms with Crippen LogP contribution in [0.4, 0.5) is 5.69 Å². The molecule has 6 heteroatoms. The quantitative estimate of drug-likeness (QED) is 0.319. The van der Waals surface area contributed by atoms with E-state index in [-0.39, 0.29) is 5.91 Å². The maximum absolute atomic E-state index is 12.9. The number of amides is 1. The third kappa shape index (κ3) is 4.00. The predicted molar refractivity (Wildman–Crippen MR) is 125 cm³/mol. The van der Waals surface area contributed by atoms with Crippen LogP contribution in [0.15, 0.2) is 83.3 Å². The van der Waals surface area contributed by atoms with E-state index in [1.165, 1.54) is 0 Å². The van der Waals surface area contributed by atoms with Crippen LogP contribution in [0.3, 0.4) is 0 Å². The first-order chi connectivity index (χ1) is 15.1. The number of aromatic nitrogens is 1. The van der Waals surface area contributed by atoms with Crippen molar-refractivity contribution in [2.24, 2.45) is 0 Å². The van der Waals surface area contributed by atoms with Crippen molar-refractivity contribution in [3.63, 3.8) is 0 Å². The molecule has 0 spiro atoms. The van der Waals surface area contributed by atoms with Gasteiger partial charge in [-0.05, 0) is 53.4 Å². The number of carbonyl (C=O) groups excluding carboxylic acids is 1. The molecule has 0 aliphatic rings. The summed E-state index contributed by atoms with van der Waals surface area (Å²) in [5.74, 6) is 0.390. The zero-order valence-corrected chi connectivity index (χ0v) is 17.7. The number of hydrogen-bond acceptors (Lipinski definition) is 3. The highest BCUT2D eigenvalue weighted by atomic mass is 35.5. The van der Waals surface area contributed by atoms with Crippen molar-refractivity contribution in [2.75, 3.05) is 5.32 Å². The molecule has 0 saturated heterocycles. The summed E-state index contributed by atoms with van der Waals surface area (Å²) in [4.78, 5) is 17.5. The summed E-state index contributed by atoms with van der Waals surface area (Å²) in [5.41, 5.74) is 3.60. The summed E-state index contributed by atoms with van der Waals surface area (Å²) in [6.07, 6.45) is 0.560. The van der Waals surface area contributed by atoms with E-state index in [1.54, 1.807) is 18.2 Å². The highest BCUT2D eigenvalue weighted by Gasteiger charge is 2.13. The number of anilines is 1. The standard InChI is InChI=1S/C25H16Cl2N2O2/c26-16-9-7-15(8-10-16)13-24-29-22-14-17(11-12-23(22)31-24)28-25(30)20-5-1-4-19-18(20)3-2-6-21(19)27/h1-12,14H,13H2,(H,28,30). The first kappa shape index (κ1) is 19.6. The van der Waals surface area contributed by atoms with Crippen LogP contribution in [-0.4, -0.2) is 10.9 Å². The van der Waals surface area contributed by atoms with E-state index in [9.17, 15) is 4.79 Å². The Morgan fingerprint density at radius 2 is 1.68 bits per heavy atom. The lowest BCUT2D eigenvalue weighted by molar-refractivity contribution is 0.102. The molecule has 1 amide bonds. The Labute approximate surface area is 188 Å². The van der Waals surface area contributed by atoms with E-state index in [1.807, 2.05) is 60.7 Å². The Morgan fingerprint density at radius 1 is 0.903 bits per heavy atom. The third-order valence-corrected chi connectivity index (χ3v) is 5.65. The second-order valence-electron chi connectivity index (χ2n) is 7.19. The monoisotopic (exact) mass is 446 g/mol. The first-order valence-corrected chi connectivity index (χ1v) is 10.4. The Balaban J connectivity index is 1.40. The number of fused-ring (bicyclic) bond motifs is 2. The van der Waals surface area contributed by atoms with Crippen LogP contribution in [0.2, 0.25) is 10.0 Å². The largest absolute Gasteiger partial charge is 0.440 e. The molecule has 1 heterocycles. The summed E-state index contributed by atoms with van der Waals surface area (Å²) in [6.45, 7) is 0. The van der Waals surface area contributed by atoms with Crippen LogP contribution < -0.4 is 5.32 Å². The van der Waals surface area contributed by atoms with Gasteiger partial charge in [0.25, 0.3) is 5.91 Å². The lowest BCUT2D eigenvalue weighted by Crippen LogP contribution is -2.12. The van der Waals surface area contributed by atoms with Crippen LogP contribution in [0.25, 0.3) is 21.9 Å². The number of benzene rings is 4. The summed E-state index contributed by atoms with van der Waals surface area (Å²) in [7, 11) is 0. The molecule has 0 aliphatic carbocycles. The summed E-state index contributed by atoms with van der Waals surface area (Å²) >= 11 is 12.2. The highest BCUT2D eigenvalue weighted by Crippen LogP contribution is 2.27. The van der Waals surface area contributed by atoms with Crippen molar-refractivity contribution in [2.45, 2.75) is 6.42 Å². The maximum atomic E-state index is 12.9. The number of halogens is 2. The summed E-state index contributed by atoms with van der Waals surface area (Å²) in [5, 5.41) is 5.90. The van der Waals surface area contributed by atoms with E-state index >= 15 is 0 Å². The van der Waals surface area contributed by atoms with Gasteiger partial charge in [0.05, 0.1) is 0 Å². The van der Waals surface area contributed by atoms with E-state index in [0.29, 0.717) is 44.7 Å². The van der Waals surface area contributed by atoms with Crippen molar-refractivity contribution in [3.8, 4) is 0 Å². The summed E-state index contributed by atoms with van der Waals surface area (Å²) < 4.78 is 5.85. The van der Waals surface area contributed by atoms with Gasteiger partial charge in [0, 0.05) is 33.1 Å². The van der Waals surface area contributed by atoms with Gasteiger partial charge in [-0.25, -0.2) is 4.98 Å². The van der Waals surface area contributed by atoms with Crippen LogP contribution >= 0.6 is 23.2 Å². The van der Waals surface area contributed by atoms with E-state index in [4.69, 9.17) is 27.6 Å². The molecule has 4 aromatic carbocycles. The molecular formula is C25H16Cl2N2O2. The van der Waals surface area contributed by atoms with Crippen molar-refractivity contribution in [1.29, 1.82) is 0 Å². The van der Waals surface area contributed by atoms with Gasteiger partial charge in [-0.2, -0.15) is 0 Å². The zero-order chi connectivity index (χ0) is 21.4. The van der Waals surface area contributed by atoms with Crippen molar-refractivity contribution >= 4 is 56.7 Å². The number of oxazole rings is 1. The van der Waals surface area contributed by atoms with Gasteiger partial charge in [0.15, 0.2) is 11.5 Å². The van der Waals surface area contributed by atoms with Gasteiger partial charge in [-0.3, -0.25) is 4.79 Å². The fourth-order valence-electron chi connectivity index (χ4n) is 3.57. The van der Waals surface area contributed by atoms with Gasteiger partial charge >= 0.3 is 0 Å². The van der Waals surface area contributed by atoms with Gasteiger partial charge < -0.3 is 9.73 Å². The lowest BCUT2D eigenvalue weighted by atomic mass is 10.0. The predicted octanol–water partition coefficient (Wildman–Crippen LogP) is 7.13. The van der Waals surface area contributed by atoms with Crippen LogP contribution in [0, 0.1) is 0 Å². The van der Waals surface area contributed by atoms with Gasteiger partial charge in [-0.1, -0.05) is 59.6 Å². The van der Waals surface area contributed by atoms with Crippen molar-refractivity contribution in [1.82, 2.24) is 4.98 Å². The zero-order valence-electron chi connectivity index (χ0n) is 16.2. The number of rotatable bonds is 4. The molecule has 0 aliphatic heterocycles. The topological polar surface area (TPSA) is 55.1 Å². The van der Waals surface area contributed by atoms with Gasteiger partial charge in [-0.15, -0.1) is 0 Å². The van der Waals surface area contributed by atoms with Gasteiger partial charge in [0.1, 0.15) is 5.52 Å². The SMILES string of the molecule is O=C(Nc1ccc2oc(Cc3ccc(Cl)cc3)nc2c1)c1cccc2c(Cl)cccc12. The van der Waals surface area contributed by atoms with Crippen molar-refractivity contribution in [3.05, 3.63) is 106 Å². The first-order valence-electron chi connectivity index (χ1n) is 9.69. The summed E-state index contributed by atoms with van der Waals surface area (Å²) in [6, 6.07) is 24.0. The minimum absolute atomic E-state index is 0.211. The normalized spacial score (nSPS) is 11.2. The number of hydrogen-bond donors (Lipinski definition) is 1. The molecule has 0 unspecified atom stereocenters. The Kier molecular flexibility index (Phi) is 5.10. The molecule has 1 N–H and O–H groups in total. The Bertz CT molecular complexity index is 1430. The molecule has 0 radical (unpaired) electrons. The van der Waals surface area contributed by atoms with Crippen LogP contribution in [-0.2, 0) is 6.42 Å². The van der Waals surface area contributed by atoms with Crippen LogP contribution in [0.5, 0.6) is 0 Å². The molecule has 31 heavy (non-hydrogen) atoms. The molecule has 5 aromatic rings. The maximum Gasteiger partial charge on any atom is 0.256 e. The minimum Gasteiger partial charge on any atom is -0.440 e. The van der Waals surface area contributed by atoms with Gasteiger partial charge in [0.2, 0.25) is 0 Å². The molecule has 0 bridgehead atoms. The lowest BCUT2D eigenvalue weighted by Gasteiger charge is -2.09. The molecule has 0 fully saturated rings. The molecule has 0 atom stereocenters. The number of carbonyl (C=O) groups is 1. The molecule has 4 nitrogen and oxygen atoms in total.